The third-order valence-electron chi connectivity index (χ3n) is 0.724. The predicted octanol–water partition coefficient (Wildman–Crippen LogP) is 1.12. The highest BCUT2D eigenvalue weighted by molar-refractivity contribution is 4.64. The van der Waals surface area contributed by atoms with E-state index in [1.54, 1.807) is 0 Å². The zero-order valence-corrected chi connectivity index (χ0v) is 4.56. The first kappa shape index (κ1) is 6.83. The highest BCUT2D eigenvalue weighted by atomic mass is 16.5. The summed E-state index contributed by atoms with van der Waals surface area (Å²) in [6.07, 6.45) is 4.04. The summed E-state index contributed by atoms with van der Waals surface area (Å²) in [7, 11) is 3.35. The first-order chi connectivity index (χ1) is 3.41. The monoisotopic (exact) mass is 100 g/mol. The number of unbranched alkanes of at least 4 members (excludes halogenated alkanes) is 2. The summed E-state index contributed by atoms with van der Waals surface area (Å²) in [5, 5.41) is 0. The quantitative estimate of drug-likeness (QED) is 0.285. The van der Waals surface area contributed by atoms with Gasteiger partial charge in [-0.25, -0.2) is 0 Å². The van der Waals surface area contributed by atoms with Gasteiger partial charge in [0.25, 0.3) is 0 Å². The zero-order valence-electron chi connectivity index (χ0n) is 4.56. The minimum atomic E-state index is 0.867. The molecule has 0 aromatic rings. The Kier molecular flexibility index (Phi) is 5.69. The third-order valence-corrected chi connectivity index (χ3v) is 0.724. The van der Waals surface area contributed by atoms with E-state index in [0.29, 0.717) is 0 Å². The standard InChI is InChI=1S/C6H12O/c1-3-4-5-6-7-2/h3,7H,1-2,4-6H2. The number of rotatable bonds is 4. The molecule has 1 N–H and O–H groups in total. The Morgan fingerprint density at radius 1 is 1.57 bits per heavy atom. The van der Waals surface area contributed by atoms with Crippen LogP contribution in [0.1, 0.15) is 12.8 Å². The Bertz CT molecular complexity index is 23.4. The van der Waals surface area contributed by atoms with Crippen molar-refractivity contribution in [3.8, 4) is 0 Å². The van der Waals surface area contributed by atoms with Gasteiger partial charge in [0, 0.05) is 0 Å². The molecular formula is C6H12O. The molecular weight excluding hydrogens is 88.1 g/mol. The van der Waals surface area contributed by atoms with Crippen molar-refractivity contribution in [2.24, 2.45) is 0 Å². The van der Waals surface area contributed by atoms with Gasteiger partial charge >= 0.3 is 0 Å². The Morgan fingerprint density at radius 2 is 2.29 bits per heavy atom. The molecule has 1 heteroatoms. The molecule has 0 aliphatic rings. The molecule has 0 fully saturated rings. The van der Waals surface area contributed by atoms with Gasteiger partial charge in [0.05, 0.1) is 12.8 Å². The lowest BCUT2D eigenvalue weighted by molar-refractivity contribution is 0.0545. The van der Waals surface area contributed by atoms with Crippen LogP contribution in [0.2, 0.25) is 0 Å². The minimum Gasteiger partial charge on any atom is -0.582 e. The molecule has 42 valence electrons. The molecule has 0 aliphatic carbocycles. The van der Waals surface area contributed by atoms with Crippen molar-refractivity contribution >= 4 is 0 Å². The van der Waals surface area contributed by atoms with Gasteiger partial charge in [0.1, 0.15) is 6.61 Å². The maximum Gasteiger partial charge on any atom is 0.123 e. The van der Waals surface area contributed by atoms with Crippen molar-refractivity contribution in [2.45, 2.75) is 12.8 Å². The molecule has 0 atom stereocenters. The maximum atomic E-state index is 3.68. The van der Waals surface area contributed by atoms with Crippen molar-refractivity contribution in [3.05, 3.63) is 20.5 Å². The highest BCUT2D eigenvalue weighted by Gasteiger charge is 1.84. The Balaban J connectivity index is 2.45. The first-order valence-corrected chi connectivity index (χ1v) is 2.45. The molecule has 0 saturated heterocycles. The molecule has 0 rings (SSSR count). The summed E-state index contributed by atoms with van der Waals surface area (Å²) in [6.45, 7) is 4.44. The molecule has 0 amide bonds. The van der Waals surface area contributed by atoms with E-state index in [1.165, 1.54) is 0 Å². The second-order valence-electron chi connectivity index (χ2n) is 1.38. The molecule has 0 aromatic heterocycles. The van der Waals surface area contributed by atoms with Gasteiger partial charge in [-0.2, -0.15) is 0 Å². The van der Waals surface area contributed by atoms with Gasteiger partial charge in [0.2, 0.25) is 0 Å². The topological polar surface area (TPSA) is 12.8 Å². The van der Waals surface area contributed by atoms with E-state index in [0.717, 1.165) is 19.4 Å². The van der Waals surface area contributed by atoms with E-state index in [1.807, 2.05) is 6.42 Å². The van der Waals surface area contributed by atoms with Crippen molar-refractivity contribution in [2.75, 3.05) is 6.61 Å². The summed E-state index contributed by atoms with van der Waals surface area (Å²) < 4.78 is 3.68. The molecule has 0 radical (unpaired) electrons. The van der Waals surface area contributed by atoms with Crippen LogP contribution in [0.25, 0.3) is 0 Å². The SMILES string of the molecule is [CH2-][CH+]CCC[OH+][CH2-]. The maximum absolute atomic E-state index is 3.68. The number of aliphatic hydroxyl groups is 2. The van der Waals surface area contributed by atoms with Crippen LogP contribution in [0.3, 0.4) is 0 Å². The number of hydrogen-bond acceptors (Lipinski definition) is 0. The van der Waals surface area contributed by atoms with Gasteiger partial charge in [-0.05, 0) is 0 Å². The molecule has 0 unspecified atom stereocenters. The fourth-order valence-corrected chi connectivity index (χ4v) is 0.347. The van der Waals surface area contributed by atoms with E-state index in [-0.39, 0.29) is 0 Å². The summed E-state index contributed by atoms with van der Waals surface area (Å²) in [5.74, 6) is 0. The van der Waals surface area contributed by atoms with Crippen molar-refractivity contribution in [1.82, 2.24) is 0 Å². The van der Waals surface area contributed by atoms with E-state index in [2.05, 4.69) is 18.8 Å². The first-order valence-electron chi connectivity index (χ1n) is 2.45. The fourth-order valence-electron chi connectivity index (χ4n) is 0.347. The van der Waals surface area contributed by atoms with Crippen LogP contribution in [-0.4, -0.2) is 11.3 Å². The molecule has 0 aromatic carbocycles. The van der Waals surface area contributed by atoms with Crippen LogP contribution >= 0.6 is 0 Å². The van der Waals surface area contributed by atoms with Crippen LogP contribution in [0.4, 0.5) is 0 Å². The van der Waals surface area contributed by atoms with Gasteiger partial charge in [-0.15, -0.1) is 6.92 Å². The van der Waals surface area contributed by atoms with E-state index in [4.69, 9.17) is 0 Å². The fraction of sp³-hybridized carbons (Fsp3) is 0.500. The minimum absolute atomic E-state index is 0.867. The van der Waals surface area contributed by atoms with Crippen LogP contribution in [-0.2, 0) is 0 Å². The lowest BCUT2D eigenvalue weighted by Crippen LogP contribution is -1.89. The zero-order chi connectivity index (χ0) is 5.54. The van der Waals surface area contributed by atoms with Crippen molar-refractivity contribution in [1.29, 1.82) is 0 Å². The van der Waals surface area contributed by atoms with Gasteiger partial charge in [-0.3, -0.25) is 0 Å². The third kappa shape index (κ3) is 5.83. The second kappa shape index (κ2) is 5.83. The Morgan fingerprint density at radius 3 is 2.71 bits per heavy atom. The van der Waals surface area contributed by atoms with Crippen molar-refractivity contribution in [3.63, 3.8) is 0 Å². The van der Waals surface area contributed by atoms with E-state index < -0.39 is 0 Å². The predicted molar refractivity (Wildman–Crippen MR) is 31.3 cm³/mol. The van der Waals surface area contributed by atoms with Crippen LogP contribution in [0, 0.1) is 20.5 Å². The molecule has 1 nitrogen and oxygen atoms in total. The highest BCUT2D eigenvalue weighted by Crippen LogP contribution is 1.89. The number of hydrogen-bond donors (Lipinski definition) is 0. The molecule has 0 bridgehead atoms. The normalized spacial score (nSPS) is 8.86. The van der Waals surface area contributed by atoms with Crippen molar-refractivity contribution < 1.29 is 4.74 Å². The number of ether oxygens (including phenoxy) is 1. The Labute approximate surface area is 45.7 Å². The van der Waals surface area contributed by atoms with E-state index in [9.17, 15) is 0 Å². The van der Waals surface area contributed by atoms with Gasteiger partial charge in [-0.1, -0.05) is 13.5 Å². The van der Waals surface area contributed by atoms with Gasteiger partial charge < -0.3 is 4.74 Å². The molecule has 0 aliphatic heterocycles. The molecule has 0 saturated carbocycles. The summed E-state index contributed by atoms with van der Waals surface area (Å²) in [6, 6.07) is 0. The Hall–Kier alpha value is -0.170. The average molecular weight is 100 g/mol. The molecule has 0 heterocycles. The van der Waals surface area contributed by atoms with E-state index >= 15 is 0 Å². The summed E-state index contributed by atoms with van der Waals surface area (Å²) >= 11 is 0. The molecule has 0 spiro atoms. The summed E-state index contributed by atoms with van der Waals surface area (Å²) in [4.78, 5) is 0. The average Bonchev–Trinajstić information content (AvgIpc) is 1.69. The summed E-state index contributed by atoms with van der Waals surface area (Å²) in [5.41, 5.74) is 0. The largest absolute Gasteiger partial charge is 0.582 e. The van der Waals surface area contributed by atoms with Crippen LogP contribution in [0.5, 0.6) is 0 Å². The lowest BCUT2D eigenvalue weighted by atomic mass is 10.3. The smallest absolute Gasteiger partial charge is 0.123 e. The van der Waals surface area contributed by atoms with Crippen LogP contribution < -0.4 is 0 Å². The molecule has 7 heavy (non-hydrogen) atoms. The van der Waals surface area contributed by atoms with Crippen LogP contribution in [0.15, 0.2) is 0 Å². The lowest BCUT2D eigenvalue weighted by Gasteiger charge is -1.94. The second-order valence-corrected chi connectivity index (χ2v) is 1.38. The van der Waals surface area contributed by atoms with Gasteiger partial charge in [0.15, 0.2) is 0 Å².